The Hall–Kier alpha value is -2.53. The highest BCUT2D eigenvalue weighted by atomic mass is 32.2. The number of hydrogen-bond acceptors (Lipinski definition) is 6. The summed E-state index contributed by atoms with van der Waals surface area (Å²) in [4.78, 5) is 39.1. The smallest absolute Gasteiger partial charge is 0.323 e. The molecule has 2 fully saturated rings. The maximum atomic E-state index is 13.2. The van der Waals surface area contributed by atoms with Gasteiger partial charge in [-0.2, -0.15) is 9.04 Å². The first-order chi connectivity index (χ1) is 17.0. The third-order valence-corrected chi connectivity index (χ3v) is 9.01. The van der Waals surface area contributed by atoms with Crippen molar-refractivity contribution in [3.8, 4) is 0 Å². The van der Waals surface area contributed by atoms with Gasteiger partial charge in [0.1, 0.15) is 6.04 Å². The Balaban J connectivity index is 1.71. The van der Waals surface area contributed by atoms with Crippen LogP contribution in [0, 0.1) is 17.0 Å². The van der Waals surface area contributed by atoms with Gasteiger partial charge in [0.15, 0.2) is 12.0 Å². The lowest BCUT2D eigenvalue weighted by molar-refractivity contribution is -0.646. The average Bonchev–Trinajstić information content (AvgIpc) is 2.98. The largest absolute Gasteiger partial charge is 0.618 e. The Labute approximate surface area is 213 Å². The van der Waals surface area contributed by atoms with Gasteiger partial charge in [0.2, 0.25) is 11.8 Å². The lowest BCUT2D eigenvalue weighted by Crippen LogP contribution is -2.53. The number of nitrogens with one attached hydrogen (secondary N) is 2. The molecule has 1 aromatic rings. The van der Waals surface area contributed by atoms with E-state index in [0.717, 1.165) is 42.6 Å². The molecule has 0 spiro atoms. The molecule has 0 radical (unpaired) electrons. The summed E-state index contributed by atoms with van der Waals surface area (Å²) in [7, 11) is -4.22. The van der Waals surface area contributed by atoms with Gasteiger partial charge >= 0.3 is 15.0 Å². The normalized spacial score (nSPS) is 23.2. The molecule has 1 saturated heterocycles. The number of sulfonamides is 1. The molecule has 0 unspecified atom stereocenters. The van der Waals surface area contributed by atoms with E-state index < -0.39 is 51.4 Å². The summed E-state index contributed by atoms with van der Waals surface area (Å²) in [6.45, 7) is 5.14. The first-order valence-corrected chi connectivity index (χ1v) is 14.3. The molecule has 1 aliphatic heterocycles. The van der Waals surface area contributed by atoms with E-state index in [1.165, 1.54) is 18.2 Å². The number of ketones is 1. The Morgan fingerprint density at radius 2 is 1.83 bits per heavy atom. The van der Waals surface area contributed by atoms with Crippen LogP contribution in [0.3, 0.4) is 0 Å². The summed E-state index contributed by atoms with van der Waals surface area (Å²) in [6, 6.07) is 1.89. The van der Waals surface area contributed by atoms with E-state index in [2.05, 4.69) is 10.6 Å². The molecule has 200 valence electrons. The monoisotopic (exact) mass is 522 g/mol. The van der Waals surface area contributed by atoms with Crippen molar-refractivity contribution in [1.29, 1.82) is 0 Å². The number of carbonyl (C=O) groups excluding carboxylic acids is 3. The lowest BCUT2D eigenvalue weighted by Gasteiger charge is -2.26. The molecule has 2 amide bonds. The zero-order valence-electron chi connectivity index (χ0n) is 21.3. The first-order valence-electron chi connectivity index (χ1n) is 12.8. The number of pyridine rings is 1. The molecule has 10 nitrogen and oxygen atoms in total. The minimum absolute atomic E-state index is 0.0953. The van der Waals surface area contributed by atoms with Gasteiger partial charge in [-0.15, -0.1) is 0 Å². The molecular formula is C25H38N4O6S. The molecule has 11 heteroatoms. The highest BCUT2D eigenvalue weighted by molar-refractivity contribution is 7.89. The van der Waals surface area contributed by atoms with Crippen LogP contribution >= 0.6 is 0 Å². The van der Waals surface area contributed by atoms with Crippen LogP contribution in [0.25, 0.3) is 0 Å². The molecule has 1 aromatic heterocycles. The van der Waals surface area contributed by atoms with Crippen LogP contribution in [0.4, 0.5) is 0 Å². The highest BCUT2D eigenvalue weighted by Gasteiger charge is 2.40. The number of carbonyl (C=O) groups is 3. The van der Waals surface area contributed by atoms with Crippen molar-refractivity contribution in [1.82, 2.24) is 14.9 Å². The number of rotatable bonds is 8. The average molecular weight is 523 g/mol. The maximum absolute atomic E-state index is 13.2. The lowest BCUT2D eigenvalue weighted by atomic mass is 9.88. The van der Waals surface area contributed by atoms with Crippen molar-refractivity contribution in [3.05, 3.63) is 29.6 Å². The quantitative estimate of drug-likeness (QED) is 0.393. The molecule has 3 atom stereocenters. The summed E-state index contributed by atoms with van der Waals surface area (Å²) in [5.41, 5.74) is 0. The maximum Gasteiger partial charge on any atom is 0.323 e. The fourth-order valence-corrected chi connectivity index (χ4v) is 6.62. The van der Waals surface area contributed by atoms with Gasteiger partial charge in [-0.3, -0.25) is 14.4 Å². The van der Waals surface area contributed by atoms with E-state index in [0.29, 0.717) is 12.8 Å². The fourth-order valence-electron chi connectivity index (χ4n) is 4.97. The van der Waals surface area contributed by atoms with Gasteiger partial charge in [-0.25, -0.2) is 8.42 Å². The summed E-state index contributed by atoms with van der Waals surface area (Å²) in [5, 5.41) is 17.3. The molecule has 2 aliphatic rings. The van der Waals surface area contributed by atoms with E-state index in [1.54, 1.807) is 6.92 Å². The van der Waals surface area contributed by atoms with E-state index >= 15 is 0 Å². The van der Waals surface area contributed by atoms with Gasteiger partial charge in [0.25, 0.3) is 0 Å². The molecule has 2 heterocycles. The fraction of sp³-hybridized carbons (Fsp3) is 0.680. The van der Waals surface area contributed by atoms with Crippen LogP contribution in [0.2, 0.25) is 0 Å². The zero-order valence-corrected chi connectivity index (χ0v) is 22.1. The van der Waals surface area contributed by atoms with Crippen molar-refractivity contribution in [2.45, 2.75) is 95.3 Å². The summed E-state index contributed by atoms with van der Waals surface area (Å²) in [5.74, 6) is -0.964. The SMILES string of the molecule is CC(C)C[C@H](NC(=O)C1CCCCC1)C(=O)N[C@H]1CC[C@@H](C)N(S(=O)(=O)c2cccc[n+]2[O-])CC1=O. The minimum atomic E-state index is -4.22. The third kappa shape index (κ3) is 6.82. The molecule has 1 aliphatic carbocycles. The van der Waals surface area contributed by atoms with Gasteiger partial charge in [0.05, 0.1) is 12.6 Å². The van der Waals surface area contributed by atoms with E-state index in [-0.39, 0.29) is 28.9 Å². The van der Waals surface area contributed by atoms with Crippen molar-refractivity contribution in [2.75, 3.05) is 6.54 Å². The van der Waals surface area contributed by atoms with Crippen molar-refractivity contribution in [2.24, 2.45) is 11.8 Å². The van der Waals surface area contributed by atoms with E-state index in [1.807, 2.05) is 13.8 Å². The van der Waals surface area contributed by atoms with Crippen LogP contribution in [0.15, 0.2) is 29.4 Å². The Morgan fingerprint density at radius 3 is 2.47 bits per heavy atom. The Kier molecular flexibility index (Phi) is 9.46. The number of nitrogens with zero attached hydrogens (tertiary/aromatic N) is 2. The van der Waals surface area contributed by atoms with E-state index in [4.69, 9.17) is 0 Å². The summed E-state index contributed by atoms with van der Waals surface area (Å²) < 4.78 is 27.6. The minimum Gasteiger partial charge on any atom is -0.618 e. The van der Waals surface area contributed by atoms with Crippen molar-refractivity contribution >= 4 is 27.6 Å². The van der Waals surface area contributed by atoms with Gasteiger partial charge in [0, 0.05) is 24.1 Å². The second kappa shape index (κ2) is 12.1. The van der Waals surface area contributed by atoms with Gasteiger partial charge in [-0.1, -0.05) is 33.1 Å². The van der Waals surface area contributed by atoms with Gasteiger partial charge in [-0.05, 0) is 51.0 Å². The van der Waals surface area contributed by atoms with Crippen LogP contribution in [0.5, 0.6) is 0 Å². The second-order valence-electron chi connectivity index (χ2n) is 10.4. The number of aromatic nitrogens is 1. The molecular weight excluding hydrogens is 484 g/mol. The van der Waals surface area contributed by atoms with Crippen molar-refractivity contribution in [3.63, 3.8) is 0 Å². The van der Waals surface area contributed by atoms with Crippen LogP contribution in [0.1, 0.15) is 72.1 Å². The molecule has 36 heavy (non-hydrogen) atoms. The Bertz CT molecular complexity index is 1050. The predicted octanol–water partition coefficient (Wildman–Crippen LogP) is 1.66. The summed E-state index contributed by atoms with van der Waals surface area (Å²) >= 11 is 0. The molecule has 1 saturated carbocycles. The topological polar surface area (TPSA) is 140 Å². The second-order valence-corrected chi connectivity index (χ2v) is 12.2. The molecule has 0 aromatic carbocycles. The van der Waals surface area contributed by atoms with E-state index in [9.17, 15) is 28.0 Å². The standard InChI is InChI=1S/C25H38N4O6S/c1-17(2)15-21(27-24(31)19-9-5-4-6-10-19)25(32)26-20-13-12-18(3)29(16-22(20)30)36(34,35)23-11-7-8-14-28(23)33/h7-8,11,14,17-21H,4-6,9-10,12-13,15-16H2,1-3H3,(H,26,32)(H,27,31)/t18-,20+,21+/m1/s1. The highest BCUT2D eigenvalue weighted by Crippen LogP contribution is 2.25. The summed E-state index contributed by atoms with van der Waals surface area (Å²) in [6.07, 6.45) is 6.86. The molecule has 0 bridgehead atoms. The van der Waals surface area contributed by atoms with Crippen LogP contribution in [-0.4, -0.2) is 55.0 Å². The third-order valence-electron chi connectivity index (χ3n) is 7.06. The van der Waals surface area contributed by atoms with Gasteiger partial charge < -0.3 is 15.8 Å². The van der Waals surface area contributed by atoms with Crippen LogP contribution in [-0.2, 0) is 24.4 Å². The predicted molar refractivity (Wildman–Crippen MR) is 133 cm³/mol. The first kappa shape index (κ1) is 28.0. The molecule has 2 N–H and O–H groups in total. The zero-order chi connectivity index (χ0) is 26.5. The molecule has 3 rings (SSSR count). The number of hydrogen-bond donors (Lipinski definition) is 2. The Morgan fingerprint density at radius 1 is 1.14 bits per heavy atom. The van der Waals surface area contributed by atoms with Crippen LogP contribution < -0.4 is 15.4 Å². The number of Topliss-reactive ketones (excluding diaryl/α,β-unsaturated/α-hetero) is 1. The number of amides is 2. The van der Waals surface area contributed by atoms with Crippen molar-refractivity contribution < 1.29 is 27.5 Å².